The predicted molar refractivity (Wildman–Crippen MR) is 74.7 cm³/mol. The highest BCUT2D eigenvalue weighted by Crippen LogP contribution is 2.38. The van der Waals surface area contributed by atoms with Gasteiger partial charge < -0.3 is 9.16 Å². The zero-order valence-corrected chi connectivity index (χ0v) is 13.3. The number of nitrogens with zero attached hydrogens (tertiary/aromatic N) is 2. The fourth-order valence-corrected chi connectivity index (χ4v) is 2.59. The van der Waals surface area contributed by atoms with E-state index >= 15 is 0 Å². The molecule has 0 N–H and O–H groups in total. The number of hydrogen-bond acceptors (Lipinski definition) is 3. The average molecular weight is 268 g/mol. The van der Waals surface area contributed by atoms with Crippen LogP contribution in [0, 0.1) is 5.92 Å². The molecule has 0 spiro atoms. The molecule has 0 amide bonds. The quantitative estimate of drug-likeness (QED) is 0.772. The lowest BCUT2D eigenvalue weighted by atomic mass is 10.2. The molecule has 0 bridgehead atoms. The zero-order chi connectivity index (χ0) is 13.6. The summed E-state index contributed by atoms with van der Waals surface area (Å²) in [5.41, 5.74) is 0. The Kier molecular flexibility index (Phi) is 3.21. The van der Waals surface area contributed by atoms with Gasteiger partial charge >= 0.3 is 0 Å². The van der Waals surface area contributed by atoms with E-state index in [1.165, 1.54) is 0 Å². The lowest BCUT2D eigenvalue weighted by molar-refractivity contribution is 0.175. The first-order chi connectivity index (χ1) is 8.19. The van der Waals surface area contributed by atoms with E-state index in [1.54, 1.807) is 0 Å². The summed E-state index contributed by atoms with van der Waals surface area (Å²) < 4.78 is 13.7. The van der Waals surface area contributed by atoms with Gasteiger partial charge in [-0.25, -0.2) is 4.68 Å². The molecule has 1 unspecified atom stereocenters. The van der Waals surface area contributed by atoms with Crippen molar-refractivity contribution in [2.24, 2.45) is 5.92 Å². The Bertz CT molecular complexity index is 435. The first-order valence-corrected chi connectivity index (χ1v) is 9.49. The molecule has 0 aromatic carbocycles. The molecule has 0 radical (unpaired) electrons. The SMILES string of the molecule is CC1COc2cc(O[Si](C)(C)C(C)(C)C)nn2C1. The van der Waals surface area contributed by atoms with Gasteiger partial charge in [-0.3, -0.25) is 0 Å². The van der Waals surface area contributed by atoms with Crippen LogP contribution < -0.4 is 9.16 Å². The monoisotopic (exact) mass is 268 g/mol. The van der Waals surface area contributed by atoms with Crippen molar-refractivity contribution >= 4 is 8.32 Å². The molecule has 4 nitrogen and oxygen atoms in total. The fourth-order valence-electron chi connectivity index (χ4n) is 1.66. The minimum Gasteiger partial charge on any atom is -0.529 e. The van der Waals surface area contributed by atoms with Crippen molar-refractivity contribution in [3.05, 3.63) is 6.07 Å². The summed E-state index contributed by atoms with van der Waals surface area (Å²) in [7, 11) is -1.81. The van der Waals surface area contributed by atoms with Crippen molar-refractivity contribution < 1.29 is 9.16 Å². The molecule has 0 aliphatic carbocycles. The van der Waals surface area contributed by atoms with Crippen molar-refractivity contribution in [1.29, 1.82) is 0 Å². The third-order valence-corrected chi connectivity index (χ3v) is 8.22. The van der Waals surface area contributed by atoms with E-state index in [4.69, 9.17) is 9.16 Å². The molecule has 0 saturated heterocycles. The Hall–Kier alpha value is -0.973. The van der Waals surface area contributed by atoms with E-state index in [-0.39, 0.29) is 5.04 Å². The van der Waals surface area contributed by atoms with Gasteiger partial charge in [-0.1, -0.05) is 27.7 Å². The van der Waals surface area contributed by atoms with Crippen LogP contribution in [-0.2, 0) is 6.54 Å². The zero-order valence-electron chi connectivity index (χ0n) is 12.3. The minimum absolute atomic E-state index is 0.186. The summed E-state index contributed by atoms with van der Waals surface area (Å²) in [6.07, 6.45) is 0. The number of rotatable bonds is 2. The molecule has 1 aromatic heterocycles. The van der Waals surface area contributed by atoms with Crippen LogP contribution in [0.5, 0.6) is 11.8 Å². The molecular formula is C13H24N2O2Si. The molecule has 2 rings (SSSR count). The third kappa shape index (κ3) is 2.55. The van der Waals surface area contributed by atoms with Crippen molar-refractivity contribution in [2.75, 3.05) is 6.61 Å². The lowest BCUT2D eigenvalue weighted by Gasteiger charge is -2.35. The smallest absolute Gasteiger partial charge is 0.252 e. The first-order valence-electron chi connectivity index (χ1n) is 6.59. The van der Waals surface area contributed by atoms with Crippen LogP contribution in [0.3, 0.4) is 0 Å². The number of fused-ring (bicyclic) bond motifs is 1. The van der Waals surface area contributed by atoms with Gasteiger partial charge in [0.15, 0.2) is 0 Å². The lowest BCUT2D eigenvalue weighted by Crippen LogP contribution is -2.44. The van der Waals surface area contributed by atoms with E-state index < -0.39 is 8.32 Å². The summed E-state index contributed by atoms with van der Waals surface area (Å²) in [6, 6.07) is 1.92. The molecule has 1 aliphatic rings. The van der Waals surface area contributed by atoms with E-state index in [9.17, 15) is 0 Å². The van der Waals surface area contributed by atoms with E-state index in [1.807, 2.05) is 10.7 Å². The highest BCUT2D eigenvalue weighted by atomic mass is 28.4. The van der Waals surface area contributed by atoms with Gasteiger partial charge in [0.2, 0.25) is 11.8 Å². The molecule has 1 atom stereocenters. The second kappa shape index (κ2) is 4.30. The number of hydrogen-bond donors (Lipinski definition) is 0. The molecule has 0 saturated carbocycles. The second-order valence-electron chi connectivity index (χ2n) is 6.78. The van der Waals surface area contributed by atoms with E-state index in [0.29, 0.717) is 11.8 Å². The topological polar surface area (TPSA) is 36.3 Å². The van der Waals surface area contributed by atoms with Gasteiger partial charge in [0.05, 0.1) is 19.2 Å². The van der Waals surface area contributed by atoms with Crippen molar-refractivity contribution in [1.82, 2.24) is 9.78 Å². The van der Waals surface area contributed by atoms with Crippen LogP contribution in [-0.4, -0.2) is 24.7 Å². The maximum Gasteiger partial charge on any atom is 0.252 e. The molecule has 18 heavy (non-hydrogen) atoms. The normalized spacial score (nSPS) is 20.2. The summed E-state index contributed by atoms with van der Waals surface area (Å²) in [6.45, 7) is 15.0. The Morgan fingerprint density at radius 3 is 2.72 bits per heavy atom. The summed E-state index contributed by atoms with van der Waals surface area (Å²) in [5.74, 6) is 2.06. The summed E-state index contributed by atoms with van der Waals surface area (Å²) in [5, 5.41) is 4.69. The Morgan fingerprint density at radius 1 is 1.44 bits per heavy atom. The predicted octanol–water partition coefficient (Wildman–Crippen LogP) is 3.30. The maximum atomic E-state index is 6.18. The second-order valence-corrected chi connectivity index (χ2v) is 11.5. The van der Waals surface area contributed by atoms with Gasteiger partial charge in [-0.15, -0.1) is 5.10 Å². The molecule has 0 fully saturated rings. The number of ether oxygens (including phenoxy) is 1. The molecule has 102 valence electrons. The summed E-state index contributed by atoms with van der Waals surface area (Å²) >= 11 is 0. The highest BCUT2D eigenvalue weighted by molar-refractivity contribution is 6.74. The van der Waals surface area contributed by atoms with Crippen LogP contribution in [0.15, 0.2) is 6.07 Å². The van der Waals surface area contributed by atoms with Gasteiger partial charge in [-0.2, -0.15) is 0 Å². The largest absolute Gasteiger partial charge is 0.529 e. The van der Waals surface area contributed by atoms with Crippen molar-refractivity contribution in [3.8, 4) is 11.8 Å². The highest BCUT2D eigenvalue weighted by Gasteiger charge is 2.39. The number of aromatic nitrogens is 2. The Labute approximate surface area is 110 Å². The third-order valence-electron chi connectivity index (χ3n) is 3.89. The maximum absolute atomic E-state index is 6.18. The summed E-state index contributed by atoms with van der Waals surface area (Å²) in [4.78, 5) is 0. The molecule has 2 heterocycles. The van der Waals surface area contributed by atoms with E-state index in [2.05, 4.69) is 45.9 Å². The molecule has 1 aromatic rings. The minimum atomic E-state index is -1.81. The van der Waals surface area contributed by atoms with Crippen LogP contribution in [0.4, 0.5) is 0 Å². The van der Waals surface area contributed by atoms with Gasteiger partial charge in [0.1, 0.15) is 0 Å². The van der Waals surface area contributed by atoms with Gasteiger partial charge in [-0.05, 0) is 18.1 Å². The Balaban J connectivity index is 2.17. The van der Waals surface area contributed by atoms with Gasteiger partial charge in [0, 0.05) is 5.92 Å². The van der Waals surface area contributed by atoms with Crippen LogP contribution in [0.2, 0.25) is 18.1 Å². The van der Waals surface area contributed by atoms with Crippen LogP contribution in [0.1, 0.15) is 27.7 Å². The van der Waals surface area contributed by atoms with Crippen molar-refractivity contribution in [3.63, 3.8) is 0 Å². The molecule has 1 aliphatic heterocycles. The van der Waals surface area contributed by atoms with E-state index in [0.717, 1.165) is 19.0 Å². The average Bonchev–Trinajstić information content (AvgIpc) is 2.56. The fraction of sp³-hybridized carbons (Fsp3) is 0.769. The van der Waals surface area contributed by atoms with Crippen molar-refractivity contribution in [2.45, 2.75) is 52.4 Å². The molecule has 5 heteroatoms. The van der Waals surface area contributed by atoms with Crippen LogP contribution in [0.25, 0.3) is 0 Å². The first kappa shape index (κ1) is 13.5. The standard InChI is InChI=1S/C13H24N2O2Si/c1-10-8-15-12(16-9-10)7-11(14-15)17-18(5,6)13(2,3)4/h7,10H,8-9H2,1-6H3. The van der Waals surface area contributed by atoms with Gasteiger partial charge in [0.25, 0.3) is 8.32 Å². The van der Waals surface area contributed by atoms with Crippen LogP contribution >= 0.6 is 0 Å². The molecular weight excluding hydrogens is 244 g/mol. The Morgan fingerprint density at radius 2 is 2.11 bits per heavy atom.